The van der Waals surface area contributed by atoms with E-state index in [1.165, 1.54) is 11.0 Å². The van der Waals surface area contributed by atoms with Gasteiger partial charge in [0.2, 0.25) is 0 Å². The smallest absolute Gasteiger partial charge is 0.460 e. The van der Waals surface area contributed by atoms with Gasteiger partial charge in [0.05, 0.1) is 6.42 Å². The lowest BCUT2D eigenvalue weighted by Gasteiger charge is -2.24. The molecule has 1 aliphatic carbocycles. The van der Waals surface area contributed by atoms with Crippen molar-refractivity contribution in [3.63, 3.8) is 0 Å². The van der Waals surface area contributed by atoms with Crippen LogP contribution in [0.25, 0.3) is 11.1 Å². The monoisotopic (exact) mass is 501 g/mol. The van der Waals surface area contributed by atoms with E-state index in [1.807, 2.05) is 24.3 Å². The minimum Gasteiger partial charge on any atom is -0.460 e. The molecule has 37 heavy (non-hydrogen) atoms. The van der Waals surface area contributed by atoms with Crippen molar-refractivity contribution in [2.45, 2.75) is 45.6 Å². The van der Waals surface area contributed by atoms with Gasteiger partial charge >= 0.3 is 19.2 Å². The van der Waals surface area contributed by atoms with Crippen molar-refractivity contribution in [3.8, 4) is 11.1 Å². The van der Waals surface area contributed by atoms with E-state index in [0.29, 0.717) is 16.8 Å². The molecule has 0 spiro atoms. The summed E-state index contributed by atoms with van der Waals surface area (Å²) in [5.74, 6) is -0.533. The maximum absolute atomic E-state index is 13.2. The van der Waals surface area contributed by atoms with Gasteiger partial charge in [0.15, 0.2) is 0 Å². The highest BCUT2D eigenvalue weighted by Crippen LogP contribution is 2.44. The first kappa shape index (κ1) is 26.4. The fraction of sp³-hybridized carbons (Fsp3) is 0.310. The van der Waals surface area contributed by atoms with Crippen LogP contribution in [0.15, 0.2) is 60.7 Å². The van der Waals surface area contributed by atoms with Crippen LogP contribution in [0.4, 0.5) is 10.5 Å². The van der Waals surface area contributed by atoms with Crippen LogP contribution in [-0.2, 0) is 20.7 Å². The molecule has 0 heterocycles. The molecule has 1 amide bonds. The lowest BCUT2D eigenvalue weighted by molar-refractivity contribution is -0.153. The number of nitrogens with zero attached hydrogens (tertiary/aromatic N) is 1. The maximum atomic E-state index is 13.2. The molecule has 3 aromatic carbocycles. The molecule has 0 saturated heterocycles. The lowest BCUT2D eigenvalue weighted by Crippen LogP contribution is -2.35. The van der Waals surface area contributed by atoms with E-state index in [2.05, 4.69) is 24.3 Å². The third-order valence-electron chi connectivity index (χ3n) is 6.53. The van der Waals surface area contributed by atoms with E-state index >= 15 is 0 Å². The standard InChI is InChI=1S/C29H32BNO6/c1-18-19(15-27(32)37-29(2,3)4)14-20(30(34)35)16-26(18)31(5)28(33)36-17-25-23-12-8-6-10-21(23)22-11-7-9-13-24(22)25/h6-14,16,25,34-35H,15,17H2,1-5H3. The van der Waals surface area contributed by atoms with Gasteiger partial charge < -0.3 is 19.5 Å². The summed E-state index contributed by atoms with van der Waals surface area (Å²) in [7, 11) is -0.209. The Bertz CT molecular complexity index is 1280. The number of benzene rings is 3. The Morgan fingerprint density at radius 2 is 1.54 bits per heavy atom. The number of anilines is 1. The average molecular weight is 501 g/mol. The van der Waals surface area contributed by atoms with Gasteiger partial charge in [-0.05, 0) is 72.6 Å². The van der Waals surface area contributed by atoms with Gasteiger partial charge in [0, 0.05) is 18.7 Å². The van der Waals surface area contributed by atoms with E-state index < -0.39 is 24.8 Å². The van der Waals surface area contributed by atoms with E-state index in [1.54, 1.807) is 40.8 Å². The molecular weight excluding hydrogens is 469 g/mol. The number of carbonyl (C=O) groups is 2. The Labute approximate surface area is 217 Å². The first-order valence-corrected chi connectivity index (χ1v) is 12.3. The van der Waals surface area contributed by atoms with Crippen LogP contribution in [0.3, 0.4) is 0 Å². The summed E-state index contributed by atoms with van der Waals surface area (Å²) in [5.41, 5.74) is 5.61. The zero-order valence-corrected chi connectivity index (χ0v) is 21.8. The highest BCUT2D eigenvalue weighted by Gasteiger charge is 2.30. The first-order chi connectivity index (χ1) is 17.5. The second kappa shape index (κ2) is 10.4. The fourth-order valence-corrected chi connectivity index (χ4v) is 4.79. The van der Waals surface area contributed by atoms with Crippen LogP contribution in [-0.4, -0.2) is 48.5 Å². The zero-order chi connectivity index (χ0) is 26.9. The number of carbonyl (C=O) groups excluding carboxylic acids is 2. The summed E-state index contributed by atoms with van der Waals surface area (Å²) in [6.45, 7) is 7.27. The van der Waals surface area contributed by atoms with E-state index in [4.69, 9.17) is 9.47 Å². The lowest BCUT2D eigenvalue weighted by atomic mass is 9.78. The summed E-state index contributed by atoms with van der Waals surface area (Å²) in [5, 5.41) is 19.7. The van der Waals surface area contributed by atoms with Crippen LogP contribution < -0.4 is 10.4 Å². The Kier molecular flexibility index (Phi) is 7.43. The fourth-order valence-electron chi connectivity index (χ4n) is 4.79. The third-order valence-corrected chi connectivity index (χ3v) is 6.53. The van der Waals surface area contributed by atoms with Crippen LogP contribution in [0, 0.1) is 6.92 Å². The molecule has 0 radical (unpaired) electrons. The van der Waals surface area contributed by atoms with Gasteiger partial charge in [0.1, 0.15) is 12.2 Å². The van der Waals surface area contributed by atoms with Gasteiger partial charge in [-0.3, -0.25) is 9.69 Å². The summed E-state index contributed by atoms with van der Waals surface area (Å²) in [4.78, 5) is 27.0. The number of amides is 1. The third kappa shape index (κ3) is 5.71. The van der Waals surface area contributed by atoms with Crippen molar-refractivity contribution in [1.29, 1.82) is 0 Å². The second-order valence-corrected chi connectivity index (χ2v) is 10.3. The number of ether oxygens (including phenoxy) is 2. The van der Waals surface area contributed by atoms with E-state index in [-0.39, 0.29) is 24.4 Å². The normalized spacial score (nSPS) is 12.5. The minimum atomic E-state index is -1.77. The molecule has 0 aliphatic heterocycles. The van der Waals surface area contributed by atoms with Crippen molar-refractivity contribution in [1.82, 2.24) is 0 Å². The number of rotatable bonds is 6. The predicted octanol–water partition coefficient (Wildman–Crippen LogP) is 3.94. The molecule has 0 aromatic heterocycles. The number of esters is 1. The molecule has 3 aromatic rings. The van der Waals surface area contributed by atoms with Crippen molar-refractivity contribution in [3.05, 3.63) is 82.9 Å². The number of hydrogen-bond donors (Lipinski definition) is 2. The zero-order valence-electron chi connectivity index (χ0n) is 21.8. The van der Waals surface area contributed by atoms with Gasteiger partial charge in [-0.15, -0.1) is 0 Å². The highest BCUT2D eigenvalue weighted by atomic mass is 16.6. The largest absolute Gasteiger partial charge is 0.488 e. The van der Waals surface area contributed by atoms with Crippen LogP contribution >= 0.6 is 0 Å². The topological polar surface area (TPSA) is 96.3 Å². The molecule has 1 aliphatic rings. The molecular formula is C29H32BNO6. The highest BCUT2D eigenvalue weighted by molar-refractivity contribution is 6.58. The molecule has 0 unspecified atom stereocenters. The van der Waals surface area contributed by atoms with E-state index in [0.717, 1.165) is 22.3 Å². The Balaban J connectivity index is 1.56. The van der Waals surface area contributed by atoms with Crippen molar-refractivity contribution < 1.29 is 29.1 Å². The van der Waals surface area contributed by atoms with Crippen molar-refractivity contribution in [2.24, 2.45) is 0 Å². The Morgan fingerprint density at radius 1 is 0.973 bits per heavy atom. The predicted molar refractivity (Wildman–Crippen MR) is 144 cm³/mol. The van der Waals surface area contributed by atoms with Crippen molar-refractivity contribution in [2.75, 3.05) is 18.6 Å². The van der Waals surface area contributed by atoms with Crippen LogP contribution in [0.5, 0.6) is 0 Å². The molecule has 7 nitrogen and oxygen atoms in total. The molecule has 0 fully saturated rings. The van der Waals surface area contributed by atoms with Crippen LogP contribution in [0.2, 0.25) is 0 Å². The average Bonchev–Trinajstić information content (AvgIpc) is 3.15. The molecule has 4 rings (SSSR count). The number of hydrogen-bond acceptors (Lipinski definition) is 6. The quantitative estimate of drug-likeness (QED) is 0.393. The first-order valence-electron chi connectivity index (χ1n) is 12.3. The molecule has 0 bridgehead atoms. The number of fused-ring (bicyclic) bond motifs is 3. The van der Waals surface area contributed by atoms with E-state index in [9.17, 15) is 19.6 Å². The van der Waals surface area contributed by atoms with Crippen LogP contribution in [0.1, 0.15) is 48.9 Å². The Hall–Kier alpha value is -3.62. The van der Waals surface area contributed by atoms with Gasteiger partial charge in [0.25, 0.3) is 0 Å². The van der Waals surface area contributed by atoms with Gasteiger partial charge in [-0.1, -0.05) is 54.6 Å². The molecule has 0 saturated carbocycles. The minimum absolute atomic E-state index is 0.0742. The summed E-state index contributed by atoms with van der Waals surface area (Å²) in [6, 6.07) is 19.3. The summed E-state index contributed by atoms with van der Waals surface area (Å²) in [6.07, 6.45) is -0.660. The van der Waals surface area contributed by atoms with Crippen molar-refractivity contribution >= 4 is 30.3 Å². The maximum Gasteiger partial charge on any atom is 0.488 e. The Morgan fingerprint density at radius 3 is 2.08 bits per heavy atom. The SMILES string of the molecule is Cc1c(CC(=O)OC(C)(C)C)cc(B(O)O)cc1N(C)C(=O)OCC1c2ccccc2-c2ccccc21. The molecule has 192 valence electrons. The van der Waals surface area contributed by atoms with Gasteiger partial charge in [-0.25, -0.2) is 4.79 Å². The summed E-state index contributed by atoms with van der Waals surface area (Å²) < 4.78 is 11.2. The molecule has 8 heteroatoms. The van der Waals surface area contributed by atoms with Gasteiger partial charge in [-0.2, -0.15) is 0 Å². The molecule has 2 N–H and O–H groups in total. The molecule has 0 atom stereocenters. The second-order valence-electron chi connectivity index (χ2n) is 10.3. The summed E-state index contributed by atoms with van der Waals surface area (Å²) >= 11 is 0.